The summed E-state index contributed by atoms with van der Waals surface area (Å²) >= 11 is 0. The number of hydrogen-bond acceptors (Lipinski definition) is 5. The third-order valence-electron chi connectivity index (χ3n) is 3.78. The largest absolute Gasteiger partial charge is 0.383 e. The highest BCUT2D eigenvalue weighted by Gasteiger charge is 2.31. The molecule has 0 aromatic heterocycles. The lowest BCUT2D eigenvalue weighted by molar-refractivity contribution is -0.384. The van der Waals surface area contributed by atoms with E-state index in [2.05, 4.69) is 5.32 Å². The standard InChI is InChI=1S/C13H19N3O4S/c1-10-5-3-4-8-15(10)21(19,20)11-6-7-13(16(17)18)12(9-11)14-2/h6-7,9-10,14H,3-5,8H2,1-2H3. The van der Waals surface area contributed by atoms with Crippen molar-refractivity contribution in [3.05, 3.63) is 28.3 Å². The van der Waals surface area contributed by atoms with Gasteiger partial charge in [0.15, 0.2) is 0 Å². The lowest BCUT2D eigenvalue weighted by Gasteiger charge is -2.32. The minimum absolute atomic E-state index is 0.0445. The highest BCUT2D eigenvalue weighted by atomic mass is 32.2. The SMILES string of the molecule is CNc1cc(S(=O)(=O)N2CCCCC2C)ccc1[N+](=O)[O-]. The molecule has 8 heteroatoms. The Balaban J connectivity index is 2.43. The van der Waals surface area contributed by atoms with Crippen molar-refractivity contribution in [3.63, 3.8) is 0 Å². The number of nitrogens with one attached hydrogen (secondary N) is 1. The molecular formula is C13H19N3O4S. The summed E-state index contributed by atoms with van der Waals surface area (Å²) in [5.74, 6) is 0. The quantitative estimate of drug-likeness (QED) is 0.679. The first-order valence-electron chi connectivity index (χ1n) is 6.86. The van der Waals surface area contributed by atoms with Crippen LogP contribution >= 0.6 is 0 Å². The smallest absolute Gasteiger partial charge is 0.292 e. The van der Waals surface area contributed by atoms with Gasteiger partial charge in [0.1, 0.15) is 5.69 Å². The first kappa shape index (κ1) is 15.7. The summed E-state index contributed by atoms with van der Waals surface area (Å²) in [5, 5.41) is 13.6. The molecule has 1 N–H and O–H groups in total. The zero-order valence-corrected chi connectivity index (χ0v) is 12.9. The Morgan fingerprint density at radius 1 is 1.38 bits per heavy atom. The van der Waals surface area contributed by atoms with Crippen LogP contribution in [0.15, 0.2) is 23.1 Å². The average molecular weight is 313 g/mol. The zero-order chi connectivity index (χ0) is 15.6. The average Bonchev–Trinajstić information content (AvgIpc) is 2.46. The van der Waals surface area contributed by atoms with Crippen molar-refractivity contribution in [2.24, 2.45) is 0 Å². The van der Waals surface area contributed by atoms with E-state index in [1.54, 1.807) is 0 Å². The van der Waals surface area contributed by atoms with Crippen LogP contribution in [0.25, 0.3) is 0 Å². The number of anilines is 1. The highest BCUT2D eigenvalue weighted by Crippen LogP contribution is 2.30. The van der Waals surface area contributed by atoms with Crippen LogP contribution in [0.3, 0.4) is 0 Å². The first-order chi connectivity index (χ1) is 9.87. The molecule has 2 rings (SSSR count). The van der Waals surface area contributed by atoms with Gasteiger partial charge in [0.2, 0.25) is 10.0 Å². The third kappa shape index (κ3) is 3.01. The Bertz CT molecular complexity index is 645. The summed E-state index contributed by atoms with van der Waals surface area (Å²) < 4.78 is 26.8. The number of piperidine rings is 1. The van der Waals surface area contributed by atoms with Gasteiger partial charge in [0.05, 0.1) is 9.82 Å². The van der Waals surface area contributed by atoms with E-state index in [-0.39, 0.29) is 22.3 Å². The van der Waals surface area contributed by atoms with Gasteiger partial charge in [-0.05, 0) is 31.9 Å². The topological polar surface area (TPSA) is 92.6 Å². The van der Waals surface area contributed by atoms with Crippen LogP contribution in [-0.2, 0) is 10.0 Å². The maximum Gasteiger partial charge on any atom is 0.292 e. The fraction of sp³-hybridized carbons (Fsp3) is 0.538. The molecule has 1 aliphatic rings. The number of nitro groups is 1. The molecule has 0 saturated carbocycles. The fourth-order valence-corrected chi connectivity index (χ4v) is 4.33. The minimum Gasteiger partial charge on any atom is -0.383 e. The molecule has 116 valence electrons. The molecular weight excluding hydrogens is 294 g/mol. The summed E-state index contributed by atoms with van der Waals surface area (Å²) in [6, 6.07) is 3.81. The van der Waals surface area contributed by atoms with Crippen LogP contribution in [0.1, 0.15) is 26.2 Å². The second-order valence-electron chi connectivity index (χ2n) is 5.15. The van der Waals surface area contributed by atoms with Crippen molar-refractivity contribution in [3.8, 4) is 0 Å². The van der Waals surface area contributed by atoms with Crippen molar-refractivity contribution in [2.75, 3.05) is 18.9 Å². The molecule has 1 fully saturated rings. The van der Waals surface area contributed by atoms with Crippen LogP contribution in [-0.4, -0.2) is 37.3 Å². The second kappa shape index (κ2) is 5.98. The molecule has 0 aliphatic carbocycles. The van der Waals surface area contributed by atoms with Crippen LogP contribution in [0, 0.1) is 10.1 Å². The van der Waals surface area contributed by atoms with E-state index in [9.17, 15) is 18.5 Å². The van der Waals surface area contributed by atoms with Crippen molar-refractivity contribution in [1.82, 2.24) is 4.31 Å². The Labute approximate surface area is 124 Å². The summed E-state index contributed by atoms with van der Waals surface area (Å²) in [5.41, 5.74) is 0.0638. The maximum absolute atomic E-state index is 12.7. The number of nitro benzene ring substituents is 1. The van der Waals surface area contributed by atoms with Gasteiger partial charge in [-0.1, -0.05) is 6.42 Å². The van der Waals surface area contributed by atoms with E-state index in [1.165, 1.54) is 29.6 Å². The van der Waals surface area contributed by atoms with Crippen LogP contribution in [0.2, 0.25) is 0 Å². The number of hydrogen-bond donors (Lipinski definition) is 1. The van der Waals surface area contributed by atoms with Gasteiger partial charge in [-0.15, -0.1) is 0 Å². The molecule has 1 unspecified atom stereocenters. The zero-order valence-electron chi connectivity index (χ0n) is 12.1. The molecule has 0 bridgehead atoms. The molecule has 1 saturated heterocycles. The molecule has 1 heterocycles. The maximum atomic E-state index is 12.7. The summed E-state index contributed by atoms with van der Waals surface area (Å²) in [6.45, 7) is 2.39. The predicted octanol–water partition coefficient (Wildman–Crippen LogP) is 2.20. The van der Waals surface area contributed by atoms with Crippen molar-refractivity contribution < 1.29 is 13.3 Å². The monoisotopic (exact) mass is 313 g/mol. The van der Waals surface area contributed by atoms with Gasteiger partial charge in [0.25, 0.3) is 5.69 Å². The molecule has 1 aromatic rings. The Kier molecular flexibility index (Phi) is 4.48. The Morgan fingerprint density at radius 3 is 2.67 bits per heavy atom. The lowest BCUT2D eigenvalue weighted by atomic mass is 10.1. The summed E-state index contributed by atoms with van der Waals surface area (Å²) in [6.07, 6.45) is 2.70. The molecule has 21 heavy (non-hydrogen) atoms. The first-order valence-corrected chi connectivity index (χ1v) is 8.30. The van der Waals surface area contributed by atoms with Crippen molar-refractivity contribution in [1.29, 1.82) is 0 Å². The fourth-order valence-electron chi connectivity index (χ4n) is 2.60. The second-order valence-corrected chi connectivity index (χ2v) is 7.04. The minimum atomic E-state index is -3.62. The van der Waals surface area contributed by atoms with E-state index in [1.807, 2.05) is 6.92 Å². The van der Waals surface area contributed by atoms with E-state index in [0.29, 0.717) is 6.54 Å². The van der Waals surface area contributed by atoms with E-state index in [4.69, 9.17) is 0 Å². The van der Waals surface area contributed by atoms with E-state index < -0.39 is 14.9 Å². The third-order valence-corrected chi connectivity index (χ3v) is 5.79. The predicted molar refractivity (Wildman–Crippen MR) is 79.8 cm³/mol. The summed E-state index contributed by atoms with van der Waals surface area (Å²) in [4.78, 5) is 10.5. The normalized spacial score (nSPS) is 20.2. The molecule has 0 spiro atoms. The van der Waals surface area contributed by atoms with Crippen LogP contribution in [0.4, 0.5) is 11.4 Å². The highest BCUT2D eigenvalue weighted by molar-refractivity contribution is 7.89. The van der Waals surface area contributed by atoms with Crippen LogP contribution in [0.5, 0.6) is 0 Å². The van der Waals surface area contributed by atoms with Gasteiger partial charge >= 0.3 is 0 Å². The molecule has 1 aromatic carbocycles. The van der Waals surface area contributed by atoms with Crippen molar-refractivity contribution >= 4 is 21.4 Å². The van der Waals surface area contributed by atoms with Crippen molar-refractivity contribution in [2.45, 2.75) is 37.1 Å². The van der Waals surface area contributed by atoms with Gasteiger partial charge in [-0.3, -0.25) is 10.1 Å². The summed E-state index contributed by atoms with van der Waals surface area (Å²) in [7, 11) is -2.09. The van der Waals surface area contributed by atoms with Gasteiger partial charge in [0, 0.05) is 25.7 Å². The van der Waals surface area contributed by atoms with Crippen LogP contribution < -0.4 is 5.32 Å². The number of nitrogens with zero attached hydrogens (tertiary/aromatic N) is 2. The molecule has 7 nitrogen and oxygen atoms in total. The van der Waals surface area contributed by atoms with E-state index in [0.717, 1.165) is 19.3 Å². The van der Waals surface area contributed by atoms with E-state index >= 15 is 0 Å². The Hall–Kier alpha value is -1.67. The van der Waals surface area contributed by atoms with Gasteiger partial charge in [-0.25, -0.2) is 8.42 Å². The lowest BCUT2D eigenvalue weighted by Crippen LogP contribution is -2.41. The van der Waals surface area contributed by atoms with Gasteiger partial charge in [-0.2, -0.15) is 4.31 Å². The number of benzene rings is 1. The Morgan fingerprint density at radius 2 is 2.10 bits per heavy atom. The molecule has 0 amide bonds. The van der Waals surface area contributed by atoms with Gasteiger partial charge < -0.3 is 5.32 Å². The number of rotatable bonds is 4. The molecule has 0 radical (unpaired) electrons. The number of sulfonamides is 1. The molecule has 1 aliphatic heterocycles. The molecule has 1 atom stereocenters.